The van der Waals surface area contributed by atoms with Crippen LogP contribution < -0.4 is 15.8 Å². The standard InChI is InChI=1S/C28H36N6O3/c35-22-6-3-19(4-7-22)34-26-25(15-30-28(31-26)29-14-18-1-2-18)23-8-5-20(13-24(23)27(34)36)32-9-11-33(12-10-32)21-16-37-17-21/h5,8,13,15,18-19,21-22,35H,1-4,6-7,9-12,14,16-17H2,(H,29,30,31)/t19-,22-. The zero-order chi connectivity index (χ0) is 24.9. The highest BCUT2D eigenvalue weighted by Gasteiger charge is 2.30. The summed E-state index contributed by atoms with van der Waals surface area (Å²) >= 11 is 0. The summed E-state index contributed by atoms with van der Waals surface area (Å²) in [5.41, 5.74) is 1.82. The van der Waals surface area contributed by atoms with Gasteiger partial charge in [0.05, 0.1) is 30.7 Å². The number of benzene rings is 1. The van der Waals surface area contributed by atoms with Crippen LogP contribution in [0.2, 0.25) is 0 Å². The van der Waals surface area contributed by atoms with E-state index in [0.717, 1.165) is 80.6 Å². The fourth-order valence-electron chi connectivity index (χ4n) is 6.19. The largest absolute Gasteiger partial charge is 0.393 e. The first-order valence-corrected chi connectivity index (χ1v) is 14.0. The second-order valence-electron chi connectivity index (χ2n) is 11.3. The molecule has 4 heterocycles. The number of hydrogen-bond donors (Lipinski definition) is 2. The van der Waals surface area contributed by atoms with Gasteiger partial charge in [-0.1, -0.05) is 6.07 Å². The quantitative estimate of drug-likeness (QED) is 0.495. The van der Waals surface area contributed by atoms with Crippen molar-refractivity contribution in [3.63, 3.8) is 0 Å². The van der Waals surface area contributed by atoms with Crippen molar-refractivity contribution in [2.75, 3.05) is 56.2 Å². The number of ether oxygens (including phenoxy) is 1. The Labute approximate surface area is 216 Å². The summed E-state index contributed by atoms with van der Waals surface area (Å²) in [6.07, 6.45) is 7.11. The van der Waals surface area contributed by atoms with Gasteiger partial charge in [0.15, 0.2) is 0 Å². The number of aromatic nitrogens is 3. The van der Waals surface area contributed by atoms with Gasteiger partial charge in [-0.25, -0.2) is 4.98 Å². The van der Waals surface area contributed by atoms with Crippen LogP contribution in [0.3, 0.4) is 0 Å². The number of fused-ring (bicyclic) bond motifs is 3. The molecular weight excluding hydrogens is 468 g/mol. The Morgan fingerprint density at radius 1 is 0.946 bits per heavy atom. The van der Waals surface area contributed by atoms with Crippen molar-refractivity contribution in [3.05, 3.63) is 34.7 Å². The number of nitrogens with one attached hydrogen (secondary N) is 1. The Balaban J connectivity index is 1.27. The third-order valence-electron chi connectivity index (χ3n) is 8.83. The zero-order valence-corrected chi connectivity index (χ0v) is 21.3. The Bertz CT molecular complexity index is 1350. The molecule has 9 nitrogen and oxygen atoms in total. The minimum Gasteiger partial charge on any atom is -0.393 e. The molecule has 37 heavy (non-hydrogen) atoms. The Morgan fingerprint density at radius 3 is 2.43 bits per heavy atom. The van der Waals surface area contributed by atoms with Gasteiger partial charge in [0.1, 0.15) is 5.65 Å². The van der Waals surface area contributed by atoms with E-state index in [1.54, 1.807) is 0 Å². The lowest BCUT2D eigenvalue weighted by atomic mass is 9.92. The number of rotatable bonds is 6. The van der Waals surface area contributed by atoms with Gasteiger partial charge in [-0.05, 0) is 62.0 Å². The van der Waals surface area contributed by atoms with E-state index in [0.29, 0.717) is 36.4 Å². The maximum absolute atomic E-state index is 14.1. The highest BCUT2D eigenvalue weighted by molar-refractivity contribution is 6.05. The Kier molecular flexibility index (Phi) is 6.02. The third kappa shape index (κ3) is 4.47. The van der Waals surface area contributed by atoms with Crippen molar-refractivity contribution in [3.8, 4) is 0 Å². The molecular formula is C28H36N6O3. The van der Waals surface area contributed by atoms with E-state index in [4.69, 9.17) is 9.72 Å². The van der Waals surface area contributed by atoms with Crippen LogP contribution in [0.15, 0.2) is 29.2 Å². The fraction of sp³-hybridized carbons (Fsp3) is 0.607. The van der Waals surface area contributed by atoms with E-state index < -0.39 is 0 Å². The monoisotopic (exact) mass is 504 g/mol. The van der Waals surface area contributed by atoms with Crippen LogP contribution in [-0.2, 0) is 4.74 Å². The van der Waals surface area contributed by atoms with E-state index in [2.05, 4.69) is 38.3 Å². The van der Waals surface area contributed by atoms with Crippen LogP contribution in [0.25, 0.3) is 21.8 Å². The van der Waals surface area contributed by atoms with E-state index in [1.807, 2.05) is 10.8 Å². The number of pyridine rings is 1. The molecule has 3 aromatic rings. The Morgan fingerprint density at radius 2 is 1.73 bits per heavy atom. The van der Waals surface area contributed by atoms with E-state index in [-0.39, 0.29) is 17.7 Å². The number of hydrogen-bond acceptors (Lipinski definition) is 8. The lowest BCUT2D eigenvalue weighted by molar-refractivity contribution is -0.0660. The van der Waals surface area contributed by atoms with Crippen molar-refractivity contribution in [1.29, 1.82) is 0 Å². The maximum atomic E-state index is 14.1. The van der Waals surface area contributed by atoms with Crippen LogP contribution in [0.4, 0.5) is 11.6 Å². The summed E-state index contributed by atoms with van der Waals surface area (Å²) in [6.45, 7) is 6.50. The van der Waals surface area contributed by atoms with E-state index >= 15 is 0 Å². The number of anilines is 2. The molecule has 0 radical (unpaired) electrons. The number of aliphatic hydroxyl groups is 1. The van der Waals surface area contributed by atoms with E-state index in [1.165, 1.54) is 12.8 Å². The van der Waals surface area contributed by atoms with E-state index in [9.17, 15) is 9.90 Å². The predicted molar refractivity (Wildman–Crippen MR) is 144 cm³/mol. The molecule has 4 aliphatic rings. The molecule has 2 saturated heterocycles. The molecule has 2 saturated carbocycles. The van der Waals surface area contributed by atoms with Crippen LogP contribution in [0, 0.1) is 5.92 Å². The van der Waals surface area contributed by atoms with Gasteiger partial charge in [0.25, 0.3) is 5.56 Å². The van der Waals surface area contributed by atoms with Crippen molar-refractivity contribution >= 4 is 33.4 Å². The summed E-state index contributed by atoms with van der Waals surface area (Å²) in [4.78, 5) is 28.5. The van der Waals surface area contributed by atoms with Gasteiger partial charge in [-0.15, -0.1) is 0 Å². The third-order valence-corrected chi connectivity index (χ3v) is 8.83. The fourth-order valence-corrected chi connectivity index (χ4v) is 6.19. The SMILES string of the molecule is O=c1c2cc(N3CCN(C4COC4)CC3)ccc2c2cnc(NCC3CC3)nc2n1[C@H]1CC[C@H](O)CC1. The van der Waals surface area contributed by atoms with Crippen molar-refractivity contribution in [2.24, 2.45) is 5.92 Å². The molecule has 0 spiro atoms. The molecule has 2 aromatic heterocycles. The molecule has 9 heteroatoms. The van der Waals surface area contributed by atoms with Gasteiger partial charge in [-0.2, -0.15) is 4.98 Å². The molecule has 2 aliphatic carbocycles. The van der Waals surface area contributed by atoms with Crippen LogP contribution in [0.1, 0.15) is 44.6 Å². The van der Waals surface area contributed by atoms with Crippen molar-refractivity contribution in [2.45, 2.75) is 56.7 Å². The highest BCUT2D eigenvalue weighted by atomic mass is 16.5. The van der Waals surface area contributed by atoms with Crippen molar-refractivity contribution < 1.29 is 9.84 Å². The zero-order valence-electron chi connectivity index (χ0n) is 21.3. The number of piperazine rings is 1. The minimum atomic E-state index is -0.277. The molecule has 2 N–H and O–H groups in total. The summed E-state index contributed by atoms with van der Waals surface area (Å²) in [6, 6.07) is 6.90. The number of nitrogens with zero attached hydrogens (tertiary/aromatic N) is 5. The van der Waals surface area contributed by atoms with Gasteiger partial charge in [0.2, 0.25) is 5.95 Å². The first-order valence-electron chi connectivity index (χ1n) is 14.0. The van der Waals surface area contributed by atoms with Crippen LogP contribution in [0.5, 0.6) is 0 Å². The smallest absolute Gasteiger partial charge is 0.260 e. The number of aliphatic hydroxyl groups excluding tert-OH is 1. The first kappa shape index (κ1) is 23.4. The molecule has 1 aromatic carbocycles. The molecule has 0 bridgehead atoms. The summed E-state index contributed by atoms with van der Waals surface area (Å²) in [5, 5.41) is 16.1. The second-order valence-corrected chi connectivity index (χ2v) is 11.3. The molecule has 7 rings (SSSR count). The first-order chi connectivity index (χ1) is 18.1. The molecule has 4 fully saturated rings. The van der Waals surface area contributed by atoms with Gasteiger partial charge < -0.3 is 20.1 Å². The highest BCUT2D eigenvalue weighted by Crippen LogP contribution is 2.34. The lowest BCUT2D eigenvalue weighted by Crippen LogP contribution is -2.56. The van der Waals surface area contributed by atoms with Crippen molar-refractivity contribution in [1.82, 2.24) is 19.4 Å². The van der Waals surface area contributed by atoms with Crippen LogP contribution in [-0.4, -0.2) is 82.6 Å². The molecule has 2 aliphatic heterocycles. The molecule has 0 unspecified atom stereocenters. The normalized spacial score (nSPS) is 25.5. The summed E-state index contributed by atoms with van der Waals surface area (Å²) < 4.78 is 7.29. The molecule has 196 valence electrons. The van der Waals surface area contributed by atoms with Gasteiger partial charge in [0, 0.05) is 56.0 Å². The molecule has 0 amide bonds. The average Bonchev–Trinajstić information content (AvgIpc) is 3.72. The minimum absolute atomic E-state index is 0.0165. The van der Waals surface area contributed by atoms with Gasteiger partial charge in [-0.3, -0.25) is 14.3 Å². The summed E-state index contributed by atoms with van der Waals surface area (Å²) in [7, 11) is 0. The second kappa shape index (κ2) is 9.53. The maximum Gasteiger partial charge on any atom is 0.260 e. The predicted octanol–water partition coefficient (Wildman–Crippen LogP) is 2.76. The average molecular weight is 505 g/mol. The van der Waals surface area contributed by atoms with Gasteiger partial charge >= 0.3 is 0 Å². The lowest BCUT2D eigenvalue weighted by Gasteiger charge is -2.43. The molecule has 0 atom stereocenters. The van der Waals surface area contributed by atoms with Crippen LogP contribution >= 0.6 is 0 Å². The Hall–Kier alpha value is -2.75. The summed E-state index contributed by atoms with van der Waals surface area (Å²) in [5.74, 6) is 1.30. The topological polar surface area (TPSA) is 95.8 Å².